The van der Waals surface area contributed by atoms with Gasteiger partial charge in [0.05, 0.1) is 4.92 Å². The van der Waals surface area contributed by atoms with E-state index in [1.807, 2.05) is 6.07 Å². The summed E-state index contributed by atoms with van der Waals surface area (Å²) in [4.78, 5) is 20.9. The first kappa shape index (κ1) is 11.8. The number of halogens is 1. The molecule has 7 heteroatoms. The summed E-state index contributed by atoms with van der Waals surface area (Å²) in [6.07, 6.45) is 1.23. The van der Waals surface area contributed by atoms with Crippen molar-refractivity contribution in [3.8, 4) is 0 Å². The molecule has 0 spiro atoms. The lowest BCUT2D eigenvalue weighted by Gasteiger charge is -2.25. The van der Waals surface area contributed by atoms with Crippen LogP contribution in [0, 0.1) is 10.1 Å². The highest BCUT2D eigenvalue weighted by Gasteiger charge is 2.25. The monoisotopic (exact) mass is 299 g/mol. The number of fused-ring (bicyclic) bond motifs is 1. The number of nitrogens with zero attached hydrogens (tertiary/aromatic N) is 1. The van der Waals surface area contributed by atoms with Crippen LogP contribution in [-0.2, 0) is 11.2 Å². The first-order valence-corrected chi connectivity index (χ1v) is 5.81. The van der Waals surface area contributed by atoms with E-state index in [-0.39, 0.29) is 11.7 Å². The number of anilines is 1. The van der Waals surface area contributed by atoms with Crippen molar-refractivity contribution in [2.45, 2.75) is 12.5 Å². The van der Waals surface area contributed by atoms with E-state index in [2.05, 4.69) is 26.6 Å². The van der Waals surface area contributed by atoms with Gasteiger partial charge in [-0.1, -0.05) is 15.9 Å². The molecule has 1 unspecified atom stereocenters. The summed E-state index contributed by atoms with van der Waals surface area (Å²) in [6, 6.07) is 3.27. The maximum absolute atomic E-state index is 10.9. The van der Waals surface area contributed by atoms with Crippen LogP contribution in [0.3, 0.4) is 0 Å². The highest BCUT2D eigenvalue weighted by atomic mass is 79.9. The first-order chi connectivity index (χ1) is 8.11. The van der Waals surface area contributed by atoms with Crippen LogP contribution < -0.4 is 10.6 Å². The van der Waals surface area contributed by atoms with Crippen molar-refractivity contribution in [3.63, 3.8) is 0 Å². The summed E-state index contributed by atoms with van der Waals surface area (Å²) < 4.78 is 0.663. The van der Waals surface area contributed by atoms with E-state index in [1.165, 1.54) is 6.07 Å². The number of nitro groups is 1. The van der Waals surface area contributed by atoms with Gasteiger partial charge < -0.3 is 10.6 Å². The normalized spacial score (nSPS) is 17.8. The predicted octanol–water partition coefficient (Wildman–Crippen LogP) is 1.44. The molecule has 0 aromatic heterocycles. The van der Waals surface area contributed by atoms with Crippen LogP contribution in [0.25, 0.3) is 0 Å². The third kappa shape index (κ3) is 2.38. The van der Waals surface area contributed by atoms with E-state index in [0.717, 1.165) is 5.56 Å². The van der Waals surface area contributed by atoms with Gasteiger partial charge in [0.15, 0.2) is 0 Å². The largest absolute Gasteiger partial charge is 0.377 e. The summed E-state index contributed by atoms with van der Waals surface area (Å²) in [6.45, 7) is 0.494. The van der Waals surface area contributed by atoms with E-state index in [4.69, 9.17) is 0 Å². The first-order valence-electron chi connectivity index (χ1n) is 5.02. The quantitative estimate of drug-likeness (QED) is 0.502. The molecule has 1 aromatic rings. The van der Waals surface area contributed by atoms with Crippen molar-refractivity contribution >= 4 is 33.7 Å². The van der Waals surface area contributed by atoms with Crippen molar-refractivity contribution in [1.82, 2.24) is 5.32 Å². The predicted molar refractivity (Wildman–Crippen MR) is 66.0 cm³/mol. The van der Waals surface area contributed by atoms with Crippen molar-refractivity contribution in [3.05, 3.63) is 32.3 Å². The second-order valence-electron chi connectivity index (χ2n) is 3.78. The maximum Gasteiger partial charge on any atom is 0.293 e. The Kier molecular flexibility index (Phi) is 3.28. The van der Waals surface area contributed by atoms with Crippen molar-refractivity contribution in [2.24, 2.45) is 0 Å². The van der Waals surface area contributed by atoms with Crippen molar-refractivity contribution < 1.29 is 9.72 Å². The molecule has 0 radical (unpaired) electrons. The SMILES string of the molecule is O=CNC1CNc2c(cc(Br)cc2[N+](=O)[O-])C1. The lowest BCUT2D eigenvalue weighted by Crippen LogP contribution is -2.39. The molecule has 1 aromatic carbocycles. The zero-order valence-electron chi connectivity index (χ0n) is 8.77. The van der Waals surface area contributed by atoms with E-state index < -0.39 is 4.92 Å². The number of amides is 1. The lowest BCUT2D eigenvalue weighted by molar-refractivity contribution is -0.384. The topological polar surface area (TPSA) is 84.3 Å². The van der Waals surface area contributed by atoms with Crippen LogP contribution in [-0.4, -0.2) is 23.9 Å². The van der Waals surface area contributed by atoms with Crippen LogP contribution in [0.1, 0.15) is 5.56 Å². The number of hydrogen-bond donors (Lipinski definition) is 2. The summed E-state index contributed by atoms with van der Waals surface area (Å²) in [5.74, 6) is 0. The van der Waals surface area contributed by atoms with E-state index >= 15 is 0 Å². The highest BCUT2D eigenvalue weighted by molar-refractivity contribution is 9.10. The van der Waals surface area contributed by atoms with Gasteiger partial charge in [-0.2, -0.15) is 0 Å². The van der Waals surface area contributed by atoms with Crippen LogP contribution in [0.5, 0.6) is 0 Å². The Balaban J connectivity index is 2.38. The van der Waals surface area contributed by atoms with E-state index in [0.29, 0.717) is 29.5 Å². The average Bonchev–Trinajstić information content (AvgIpc) is 2.27. The van der Waals surface area contributed by atoms with Gasteiger partial charge >= 0.3 is 0 Å². The highest BCUT2D eigenvalue weighted by Crippen LogP contribution is 2.35. The molecule has 1 atom stereocenters. The third-order valence-electron chi connectivity index (χ3n) is 2.66. The molecule has 6 nitrogen and oxygen atoms in total. The molecule has 0 saturated carbocycles. The third-order valence-corrected chi connectivity index (χ3v) is 3.11. The maximum atomic E-state index is 10.9. The Bertz CT molecular complexity index is 478. The Morgan fingerprint density at radius 3 is 3.00 bits per heavy atom. The lowest BCUT2D eigenvalue weighted by atomic mass is 9.99. The fourth-order valence-corrected chi connectivity index (χ4v) is 2.43. The van der Waals surface area contributed by atoms with Gasteiger partial charge in [-0.25, -0.2) is 0 Å². The second-order valence-corrected chi connectivity index (χ2v) is 4.70. The number of benzene rings is 1. The molecule has 0 bridgehead atoms. The molecule has 1 aliphatic heterocycles. The molecular formula is C10H10BrN3O3. The van der Waals surface area contributed by atoms with Crippen molar-refractivity contribution in [1.29, 1.82) is 0 Å². The molecular weight excluding hydrogens is 290 g/mol. The molecule has 2 N–H and O–H groups in total. The number of nitrogens with one attached hydrogen (secondary N) is 2. The Morgan fingerprint density at radius 2 is 2.35 bits per heavy atom. The molecule has 1 heterocycles. The molecule has 2 rings (SSSR count). The zero-order valence-corrected chi connectivity index (χ0v) is 10.4. The number of hydrogen-bond acceptors (Lipinski definition) is 4. The zero-order chi connectivity index (χ0) is 12.4. The van der Waals surface area contributed by atoms with Crippen LogP contribution >= 0.6 is 15.9 Å². The smallest absolute Gasteiger partial charge is 0.293 e. The molecule has 17 heavy (non-hydrogen) atoms. The number of carbonyl (C=O) groups excluding carboxylic acids is 1. The fraction of sp³-hybridized carbons (Fsp3) is 0.300. The van der Waals surface area contributed by atoms with Crippen molar-refractivity contribution in [2.75, 3.05) is 11.9 Å². The molecule has 0 saturated heterocycles. The van der Waals surface area contributed by atoms with Gasteiger partial charge in [0.1, 0.15) is 5.69 Å². The van der Waals surface area contributed by atoms with Gasteiger partial charge in [0, 0.05) is 23.1 Å². The fourth-order valence-electron chi connectivity index (χ4n) is 1.93. The molecule has 0 aliphatic carbocycles. The van der Waals surface area contributed by atoms with Crippen LogP contribution in [0.4, 0.5) is 11.4 Å². The molecule has 1 aliphatic rings. The van der Waals surface area contributed by atoms with Gasteiger partial charge in [0.25, 0.3) is 5.69 Å². The molecule has 1 amide bonds. The van der Waals surface area contributed by atoms with Gasteiger partial charge in [-0.05, 0) is 18.1 Å². The standard InChI is InChI=1S/C10H10BrN3O3/c11-7-1-6-2-8(13-5-15)4-12-10(6)9(3-7)14(16)17/h1,3,5,8,12H,2,4H2,(H,13,15). The molecule has 0 fully saturated rings. The van der Waals surface area contributed by atoms with Gasteiger partial charge in [-0.15, -0.1) is 0 Å². The number of carbonyl (C=O) groups is 1. The summed E-state index contributed by atoms with van der Waals surface area (Å²) in [5.41, 5.74) is 1.43. The molecule has 90 valence electrons. The average molecular weight is 300 g/mol. The number of nitro benzene ring substituents is 1. The summed E-state index contributed by atoms with van der Waals surface area (Å²) in [7, 11) is 0. The van der Waals surface area contributed by atoms with E-state index in [1.54, 1.807) is 0 Å². The van der Waals surface area contributed by atoms with Gasteiger partial charge in [-0.3, -0.25) is 14.9 Å². The Morgan fingerprint density at radius 1 is 1.59 bits per heavy atom. The minimum atomic E-state index is -0.413. The Hall–Kier alpha value is -1.63. The minimum Gasteiger partial charge on any atom is -0.377 e. The van der Waals surface area contributed by atoms with E-state index in [9.17, 15) is 14.9 Å². The van der Waals surface area contributed by atoms with Crippen LogP contribution in [0.15, 0.2) is 16.6 Å². The van der Waals surface area contributed by atoms with Gasteiger partial charge in [0.2, 0.25) is 6.41 Å². The number of rotatable bonds is 3. The Labute approximate surface area is 106 Å². The second kappa shape index (κ2) is 4.70. The minimum absolute atomic E-state index is 0.0334. The summed E-state index contributed by atoms with van der Waals surface area (Å²) >= 11 is 3.25. The summed E-state index contributed by atoms with van der Waals surface area (Å²) in [5, 5.41) is 16.6. The van der Waals surface area contributed by atoms with Crippen LogP contribution in [0.2, 0.25) is 0 Å².